The van der Waals surface area contributed by atoms with Gasteiger partial charge < -0.3 is 14.8 Å². The van der Waals surface area contributed by atoms with Crippen molar-refractivity contribution in [3.05, 3.63) is 24.3 Å². The van der Waals surface area contributed by atoms with E-state index in [0.29, 0.717) is 36.5 Å². The Morgan fingerprint density at radius 2 is 2.12 bits per heavy atom. The smallest absolute Gasteiger partial charge is 0.245 e. The van der Waals surface area contributed by atoms with E-state index in [0.717, 1.165) is 19.3 Å². The summed E-state index contributed by atoms with van der Waals surface area (Å²) in [6, 6.07) is 0.152. The molecule has 3 heterocycles. The largest absolute Gasteiger partial charge is 0.339 e. The summed E-state index contributed by atoms with van der Waals surface area (Å²) in [6.45, 7) is 6.75. The molecule has 26 heavy (non-hydrogen) atoms. The molecule has 9 heteroatoms. The van der Waals surface area contributed by atoms with E-state index in [-0.39, 0.29) is 23.1 Å². The Morgan fingerprint density at radius 3 is 2.77 bits per heavy atom. The van der Waals surface area contributed by atoms with Crippen LogP contribution in [0, 0.1) is 0 Å². The molecule has 8 nitrogen and oxygen atoms in total. The third kappa shape index (κ3) is 3.70. The predicted molar refractivity (Wildman–Crippen MR) is 98.9 cm³/mol. The lowest BCUT2D eigenvalue weighted by molar-refractivity contribution is -0.127. The molecule has 0 atom stereocenters. The Kier molecular flexibility index (Phi) is 5.51. The topological polar surface area (TPSA) is 93.0 Å². The minimum Gasteiger partial charge on any atom is -0.339 e. The van der Waals surface area contributed by atoms with Gasteiger partial charge in [0.25, 0.3) is 0 Å². The van der Waals surface area contributed by atoms with Gasteiger partial charge in [-0.15, -0.1) is 0 Å². The summed E-state index contributed by atoms with van der Waals surface area (Å²) < 4.78 is 1.95. The maximum Gasteiger partial charge on any atom is 0.245 e. The van der Waals surface area contributed by atoms with E-state index in [9.17, 15) is 9.59 Å². The van der Waals surface area contributed by atoms with Gasteiger partial charge in [0.2, 0.25) is 17.1 Å². The van der Waals surface area contributed by atoms with Crippen LogP contribution in [0.5, 0.6) is 0 Å². The van der Waals surface area contributed by atoms with E-state index in [1.54, 1.807) is 11.2 Å². The number of anilines is 1. The highest BCUT2D eigenvalue weighted by Crippen LogP contribution is 2.28. The van der Waals surface area contributed by atoms with Gasteiger partial charge >= 0.3 is 0 Å². The van der Waals surface area contributed by atoms with Crippen LogP contribution in [0.15, 0.2) is 19.0 Å². The fourth-order valence-electron chi connectivity index (χ4n) is 3.16. The van der Waals surface area contributed by atoms with E-state index < -0.39 is 0 Å². The molecule has 1 saturated heterocycles. The van der Waals surface area contributed by atoms with Crippen molar-refractivity contribution in [3.63, 3.8) is 0 Å². The minimum absolute atomic E-state index is 0.0507. The fourth-order valence-corrected chi connectivity index (χ4v) is 3.32. The highest BCUT2D eigenvalue weighted by molar-refractivity contribution is 6.28. The second-order valence-electron chi connectivity index (χ2n) is 6.22. The average molecular weight is 377 g/mol. The predicted octanol–water partition coefficient (Wildman–Crippen LogP) is 2.57. The summed E-state index contributed by atoms with van der Waals surface area (Å²) in [6.07, 6.45) is 5.74. The zero-order valence-corrected chi connectivity index (χ0v) is 15.4. The molecule has 0 spiro atoms. The van der Waals surface area contributed by atoms with Crippen LogP contribution >= 0.6 is 11.6 Å². The number of carbonyl (C=O) groups excluding carboxylic acids is 2. The molecular formula is C17H21ClN6O2. The fraction of sp³-hybridized carbons (Fsp3) is 0.471. The molecule has 2 aromatic rings. The third-order valence-electron chi connectivity index (χ3n) is 4.47. The average Bonchev–Trinajstić information content (AvgIpc) is 3.05. The highest BCUT2D eigenvalue weighted by atomic mass is 35.5. The van der Waals surface area contributed by atoms with E-state index in [4.69, 9.17) is 11.6 Å². The van der Waals surface area contributed by atoms with Crippen LogP contribution in [0.25, 0.3) is 11.2 Å². The molecule has 1 N–H and O–H groups in total. The third-order valence-corrected chi connectivity index (χ3v) is 4.64. The first kappa shape index (κ1) is 18.3. The molecule has 2 amide bonds. The highest BCUT2D eigenvalue weighted by Gasteiger charge is 2.25. The Bertz CT molecular complexity index is 841. The van der Waals surface area contributed by atoms with E-state index in [1.165, 1.54) is 6.08 Å². The molecule has 1 fully saturated rings. The van der Waals surface area contributed by atoms with Crippen molar-refractivity contribution in [2.75, 3.05) is 18.4 Å². The lowest BCUT2D eigenvalue weighted by atomic mass is 10.0. The molecule has 3 rings (SSSR count). The van der Waals surface area contributed by atoms with Gasteiger partial charge in [-0.3, -0.25) is 9.59 Å². The second-order valence-corrected chi connectivity index (χ2v) is 6.56. The molecule has 2 aromatic heterocycles. The zero-order valence-electron chi connectivity index (χ0n) is 14.6. The summed E-state index contributed by atoms with van der Waals surface area (Å²) in [5.74, 6) is 0.149. The first-order chi connectivity index (χ1) is 12.5. The molecule has 138 valence electrons. The van der Waals surface area contributed by atoms with Crippen LogP contribution in [0.4, 0.5) is 5.82 Å². The number of fused-ring (bicyclic) bond motifs is 1. The van der Waals surface area contributed by atoms with Crippen molar-refractivity contribution < 1.29 is 9.59 Å². The Balaban J connectivity index is 1.85. The number of imidazole rings is 1. The SMILES string of the molecule is C=CC(=O)N1CCC(n2cnc3c(NC(=O)CCC)nc(Cl)nc32)CC1. The number of aromatic nitrogens is 4. The second kappa shape index (κ2) is 7.82. The van der Waals surface area contributed by atoms with Crippen molar-refractivity contribution in [2.45, 2.75) is 38.6 Å². The quantitative estimate of drug-likeness (QED) is 0.639. The lowest BCUT2D eigenvalue weighted by Crippen LogP contribution is -2.38. The van der Waals surface area contributed by atoms with Gasteiger partial charge in [-0.05, 0) is 36.9 Å². The Labute approximate surface area is 156 Å². The zero-order chi connectivity index (χ0) is 18.7. The lowest BCUT2D eigenvalue weighted by Gasteiger charge is -2.32. The van der Waals surface area contributed by atoms with Gasteiger partial charge in [0.05, 0.1) is 6.33 Å². The van der Waals surface area contributed by atoms with E-state index in [1.807, 2.05) is 11.5 Å². The summed E-state index contributed by atoms with van der Waals surface area (Å²) in [4.78, 5) is 38.2. The monoisotopic (exact) mass is 376 g/mol. The number of hydrogen-bond donors (Lipinski definition) is 1. The van der Waals surface area contributed by atoms with Gasteiger partial charge in [0.15, 0.2) is 17.0 Å². The van der Waals surface area contributed by atoms with Crippen molar-refractivity contribution >= 4 is 40.4 Å². The maximum absolute atomic E-state index is 11.9. The standard InChI is InChI=1S/C17H21ClN6O2/c1-3-5-12(25)20-15-14-16(22-17(18)21-15)24(10-19-14)11-6-8-23(9-7-11)13(26)4-2/h4,10-11H,2-3,5-9H2,1H3,(H,20,21,22,25). The number of nitrogens with one attached hydrogen (secondary N) is 1. The first-order valence-electron chi connectivity index (χ1n) is 8.64. The van der Waals surface area contributed by atoms with Gasteiger partial charge in [0, 0.05) is 25.6 Å². The molecule has 0 aliphatic carbocycles. The van der Waals surface area contributed by atoms with Crippen LogP contribution in [-0.2, 0) is 9.59 Å². The number of nitrogens with zero attached hydrogens (tertiary/aromatic N) is 5. The molecule has 1 aliphatic rings. The molecule has 1 aliphatic heterocycles. The summed E-state index contributed by atoms with van der Waals surface area (Å²) in [5, 5.41) is 2.82. The van der Waals surface area contributed by atoms with E-state index in [2.05, 4.69) is 26.8 Å². The number of carbonyl (C=O) groups is 2. The summed E-state index contributed by atoms with van der Waals surface area (Å²) in [5.41, 5.74) is 1.11. The Morgan fingerprint density at radius 1 is 1.38 bits per heavy atom. The van der Waals surface area contributed by atoms with Crippen LogP contribution in [0.1, 0.15) is 38.6 Å². The van der Waals surface area contributed by atoms with Crippen LogP contribution in [0.2, 0.25) is 5.28 Å². The number of amides is 2. The number of piperidine rings is 1. The number of likely N-dealkylation sites (tertiary alicyclic amines) is 1. The van der Waals surface area contributed by atoms with Crippen molar-refractivity contribution in [1.82, 2.24) is 24.4 Å². The Hall–Kier alpha value is -2.48. The van der Waals surface area contributed by atoms with Crippen molar-refractivity contribution in [2.24, 2.45) is 0 Å². The molecule has 0 radical (unpaired) electrons. The normalized spacial score (nSPS) is 15.2. The molecule has 0 unspecified atom stereocenters. The number of hydrogen-bond acceptors (Lipinski definition) is 5. The molecule has 0 bridgehead atoms. The number of rotatable bonds is 5. The summed E-state index contributed by atoms with van der Waals surface area (Å²) in [7, 11) is 0. The van der Waals surface area contributed by atoms with Gasteiger partial charge in [-0.2, -0.15) is 9.97 Å². The first-order valence-corrected chi connectivity index (χ1v) is 9.02. The van der Waals surface area contributed by atoms with Crippen molar-refractivity contribution in [1.29, 1.82) is 0 Å². The van der Waals surface area contributed by atoms with Gasteiger partial charge in [-0.1, -0.05) is 13.5 Å². The number of halogens is 1. The summed E-state index contributed by atoms with van der Waals surface area (Å²) >= 11 is 6.06. The minimum atomic E-state index is -0.130. The van der Waals surface area contributed by atoms with Crippen LogP contribution in [-0.4, -0.2) is 49.3 Å². The molecule has 0 saturated carbocycles. The van der Waals surface area contributed by atoms with E-state index >= 15 is 0 Å². The maximum atomic E-state index is 11.9. The molecule has 0 aromatic carbocycles. The van der Waals surface area contributed by atoms with Crippen LogP contribution in [0.3, 0.4) is 0 Å². The van der Waals surface area contributed by atoms with Gasteiger partial charge in [0.1, 0.15) is 0 Å². The van der Waals surface area contributed by atoms with Crippen LogP contribution < -0.4 is 5.32 Å². The van der Waals surface area contributed by atoms with Crippen molar-refractivity contribution in [3.8, 4) is 0 Å². The van der Waals surface area contributed by atoms with Gasteiger partial charge in [-0.25, -0.2) is 4.98 Å². The molecular weight excluding hydrogens is 356 g/mol.